The summed E-state index contributed by atoms with van der Waals surface area (Å²) in [6, 6.07) is 18.3. The molecule has 1 N–H and O–H groups in total. The molecule has 156 valence electrons. The van der Waals surface area contributed by atoms with Gasteiger partial charge in [-0.15, -0.1) is 0 Å². The van der Waals surface area contributed by atoms with Crippen LogP contribution >= 0.6 is 23.2 Å². The van der Waals surface area contributed by atoms with E-state index in [1.807, 2.05) is 0 Å². The van der Waals surface area contributed by atoms with Gasteiger partial charge in [-0.1, -0.05) is 47.5 Å². The van der Waals surface area contributed by atoms with Crippen LogP contribution < -0.4 is 20.2 Å². The zero-order valence-corrected chi connectivity index (χ0v) is 17.4. The Morgan fingerprint density at radius 2 is 1.68 bits per heavy atom. The van der Waals surface area contributed by atoms with Gasteiger partial charge in [0.25, 0.3) is 5.91 Å². The van der Waals surface area contributed by atoms with Gasteiger partial charge in [0.1, 0.15) is 23.3 Å². The van der Waals surface area contributed by atoms with Crippen molar-refractivity contribution in [3.63, 3.8) is 0 Å². The lowest BCUT2D eigenvalue weighted by molar-refractivity contribution is -0.118. The first-order valence-corrected chi connectivity index (χ1v) is 9.92. The molecule has 1 aromatic heterocycles. The molecule has 4 aromatic rings. The average molecular weight is 456 g/mol. The van der Waals surface area contributed by atoms with E-state index in [0.717, 1.165) is 0 Å². The van der Waals surface area contributed by atoms with Gasteiger partial charge in [-0.2, -0.15) is 0 Å². The van der Waals surface area contributed by atoms with Gasteiger partial charge in [-0.3, -0.25) is 9.59 Å². The quantitative estimate of drug-likeness (QED) is 0.390. The van der Waals surface area contributed by atoms with E-state index in [2.05, 4.69) is 5.32 Å². The van der Waals surface area contributed by atoms with Crippen LogP contribution in [0.25, 0.3) is 11.0 Å². The third-order valence-electron chi connectivity index (χ3n) is 4.29. The maximum atomic E-state index is 12.7. The summed E-state index contributed by atoms with van der Waals surface area (Å²) in [6.45, 7) is -0.241. The molecule has 1 heterocycles. The van der Waals surface area contributed by atoms with E-state index in [9.17, 15) is 9.59 Å². The highest BCUT2D eigenvalue weighted by molar-refractivity contribution is 6.33. The first kappa shape index (κ1) is 20.8. The number of hydrogen-bond donors (Lipinski definition) is 1. The lowest BCUT2D eigenvalue weighted by Crippen LogP contribution is -2.20. The minimum atomic E-state index is -0.377. The van der Waals surface area contributed by atoms with Gasteiger partial charge in [0.15, 0.2) is 6.61 Å². The Hall–Kier alpha value is -3.48. The highest BCUT2D eigenvalue weighted by atomic mass is 35.5. The molecule has 0 atom stereocenters. The SMILES string of the molecule is O=C(COc1ccc2c(=O)c(Oc3ccccc3Cl)coc2c1)Nc1ccccc1Cl. The summed E-state index contributed by atoms with van der Waals surface area (Å²) in [6.07, 6.45) is 1.21. The second kappa shape index (κ2) is 9.12. The van der Waals surface area contributed by atoms with Crippen LogP contribution in [0, 0.1) is 0 Å². The van der Waals surface area contributed by atoms with Gasteiger partial charge >= 0.3 is 0 Å². The fourth-order valence-corrected chi connectivity index (χ4v) is 3.15. The summed E-state index contributed by atoms with van der Waals surface area (Å²) in [4.78, 5) is 24.8. The topological polar surface area (TPSA) is 77.8 Å². The first-order chi connectivity index (χ1) is 15.0. The van der Waals surface area contributed by atoms with Crippen molar-refractivity contribution in [2.75, 3.05) is 11.9 Å². The Morgan fingerprint density at radius 1 is 0.935 bits per heavy atom. The van der Waals surface area contributed by atoms with E-state index >= 15 is 0 Å². The molecule has 0 aliphatic carbocycles. The molecule has 0 bridgehead atoms. The summed E-state index contributed by atoms with van der Waals surface area (Å²) in [7, 11) is 0. The van der Waals surface area contributed by atoms with Crippen molar-refractivity contribution in [2.45, 2.75) is 0 Å². The molecular weight excluding hydrogens is 441 g/mol. The lowest BCUT2D eigenvalue weighted by Gasteiger charge is -2.10. The zero-order chi connectivity index (χ0) is 21.8. The Balaban J connectivity index is 1.47. The number of fused-ring (bicyclic) bond motifs is 1. The van der Waals surface area contributed by atoms with Gasteiger partial charge in [-0.25, -0.2) is 0 Å². The Morgan fingerprint density at radius 3 is 2.45 bits per heavy atom. The number of nitrogens with one attached hydrogen (secondary N) is 1. The standard InChI is InChI=1S/C23H15Cl2NO5/c24-16-5-1-3-7-18(16)26-22(27)13-29-14-9-10-15-20(11-14)30-12-21(23(15)28)31-19-8-4-2-6-17(19)25/h1-12H,13H2,(H,26,27). The van der Waals surface area contributed by atoms with E-state index in [1.54, 1.807) is 60.7 Å². The molecule has 8 heteroatoms. The normalized spacial score (nSPS) is 10.6. The number of benzene rings is 3. The molecule has 0 aliphatic rings. The molecule has 0 radical (unpaired) electrons. The van der Waals surface area contributed by atoms with Crippen LogP contribution in [0.4, 0.5) is 5.69 Å². The Kier molecular flexibility index (Phi) is 6.11. The summed E-state index contributed by atoms with van der Waals surface area (Å²) >= 11 is 12.1. The molecule has 0 unspecified atom stereocenters. The van der Waals surface area contributed by atoms with Crippen molar-refractivity contribution < 1.29 is 18.7 Å². The molecule has 6 nitrogen and oxygen atoms in total. The van der Waals surface area contributed by atoms with Crippen LogP contribution in [0.15, 0.2) is 82.2 Å². The van der Waals surface area contributed by atoms with Gasteiger partial charge in [0, 0.05) is 6.07 Å². The summed E-state index contributed by atoms with van der Waals surface area (Å²) in [5.41, 5.74) is 0.429. The van der Waals surface area contributed by atoms with Crippen molar-refractivity contribution in [3.05, 3.63) is 93.3 Å². The van der Waals surface area contributed by atoms with E-state index in [0.29, 0.717) is 38.2 Å². The van der Waals surface area contributed by atoms with Crippen LogP contribution in [0.1, 0.15) is 0 Å². The van der Waals surface area contributed by atoms with Crippen molar-refractivity contribution in [1.82, 2.24) is 0 Å². The average Bonchev–Trinajstić information content (AvgIpc) is 2.77. The van der Waals surface area contributed by atoms with Crippen LogP contribution in [-0.2, 0) is 4.79 Å². The Bertz CT molecular complexity index is 1320. The first-order valence-electron chi connectivity index (χ1n) is 9.16. The second-order valence-corrected chi connectivity index (χ2v) is 7.25. The molecular formula is C23H15Cl2NO5. The highest BCUT2D eigenvalue weighted by Gasteiger charge is 2.12. The number of ether oxygens (including phenoxy) is 2. The van der Waals surface area contributed by atoms with Gasteiger partial charge in [0.05, 0.1) is 21.1 Å². The van der Waals surface area contributed by atoms with Crippen LogP contribution in [-0.4, -0.2) is 12.5 Å². The molecule has 0 saturated carbocycles. The number of carbonyl (C=O) groups excluding carboxylic acids is 1. The van der Waals surface area contributed by atoms with Gasteiger partial charge in [-0.05, 0) is 36.4 Å². The monoisotopic (exact) mass is 455 g/mol. The predicted octanol–water partition coefficient (Wildman–Crippen LogP) is 5.91. The number of hydrogen-bond acceptors (Lipinski definition) is 5. The third-order valence-corrected chi connectivity index (χ3v) is 4.93. The second-order valence-electron chi connectivity index (χ2n) is 6.44. The van der Waals surface area contributed by atoms with E-state index in [4.69, 9.17) is 37.1 Å². The van der Waals surface area contributed by atoms with Crippen molar-refractivity contribution in [1.29, 1.82) is 0 Å². The summed E-state index contributed by atoms with van der Waals surface area (Å²) in [5, 5.41) is 3.77. The largest absolute Gasteiger partial charge is 0.484 e. The molecule has 0 saturated heterocycles. The maximum Gasteiger partial charge on any atom is 0.262 e. The Labute approximate surface area is 186 Å². The summed E-state index contributed by atoms with van der Waals surface area (Å²) in [5.74, 6) is 0.344. The van der Waals surface area contributed by atoms with Crippen molar-refractivity contribution in [3.8, 4) is 17.2 Å². The molecule has 4 rings (SSSR count). The van der Waals surface area contributed by atoms with E-state index < -0.39 is 0 Å². The molecule has 1 amide bonds. The number of halogens is 2. The van der Waals surface area contributed by atoms with Crippen LogP contribution in [0.5, 0.6) is 17.2 Å². The lowest BCUT2D eigenvalue weighted by atomic mass is 10.2. The van der Waals surface area contributed by atoms with Gasteiger partial charge < -0.3 is 19.2 Å². The number of para-hydroxylation sites is 2. The molecule has 0 aliphatic heterocycles. The number of rotatable bonds is 6. The fourth-order valence-electron chi connectivity index (χ4n) is 2.79. The smallest absolute Gasteiger partial charge is 0.262 e. The minimum Gasteiger partial charge on any atom is -0.484 e. The molecule has 0 fully saturated rings. The number of amides is 1. The zero-order valence-electron chi connectivity index (χ0n) is 15.9. The van der Waals surface area contributed by atoms with E-state index in [-0.39, 0.29) is 23.7 Å². The van der Waals surface area contributed by atoms with Crippen molar-refractivity contribution in [2.24, 2.45) is 0 Å². The number of anilines is 1. The molecule has 0 spiro atoms. The number of carbonyl (C=O) groups is 1. The predicted molar refractivity (Wildman–Crippen MR) is 120 cm³/mol. The summed E-state index contributed by atoms with van der Waals surface area (Å²) < 4.78 is 16.6. The van der Waals surface area contributed by atoms with Gasteiger partial charge in [0.2, 0.25) is 11.2 Å². The van der Waals surface area contributed by atoms with Crippen LogP contribution in [0.3, 0.4) is 0 Å². The maximum absolute atomic E-state index is 12.7. The van der Waals surface area contributed by atoms with Crippen molar-refractivity contribution >= 4 is 45.8 Å². The third kappa shape index (κ3) is 4.82. The fraction of sp³-hybridized carbons (Fsp3) is 0.0435. The van der Waals surface area contributed by atoms with E-state index in [1.165, 1.54) is 12.3 Å². The molecule has 31 heavy (non-hydrogen) atoms. The van der Waals surface area contributed by atoms with Crippen LogP contribution in [0.2, 0.25) is 10.0 Å². The molecule has 3 aromatic carbocycles. The minimum absolute atomic E-state index is 0.00776. The highest BCUT2D eigenvalue weighted by Crippen LogP contribution is 2.29.